The molecule has 0 fully saturated rings. The highest BCUT2D eigenvalue weighted by Crippen LogP contribution is 2.38. The Kier molecular flexibility index (Phi) is 6.22. The Morgan fingerprint density at radius 1 is 1.08 bits per heavy atom. The molecule has 0 unspecified atom stereocenters. The summed E-state index contributed by atoms with van der Waals surface area (Å²) in [5.74, 6) is 0.361. The van der Waals surface area contributed by atoms with Gasteiger partial charge in [-0.25, -0.2) is 15.0 Å². The number of aromatic nitrogens is 5. The molecule has 1 atom stereocenters. The Balaban J connectivity index is 1.64. The van der Waals surface area contributed by atoms with Crippen molar-refractivity contribution >= 4 is 44.0 Å². The van der Waals surface area contributed by atoms with E-state index in [-0.39, 0.29) is 12.3 Å². The Bertz CT molecular complexity index is 1530. The van der Waals surface area contributed by atoms with Crippen molar-refractivity contribution in [3.63, 3.8) is 0 Å². The van der Waals surface area contributed by atoms with Gasteiger partial charge in [-0.3, -0.25) is 4.68 Å². The highest BCUT2D eigenvalue weighted by Gasteiger charge is 2.42. The minimum absolute atomic E-state index is 0.0255. The number of hydrogen-bond donors (Lipinski definition) is 1. The maximum Gasteiger partial charge on any atom is 0.426 e. The third kappa shape index (κ3) is 4.95. The number of nitrogens with one attached hydrogen (secondary N) is 1. The molecule has 3 aromatic heterocycles. The second-order valence-corrected chi connectivity index (χ2v) is 9.45. The molecule has 5 aromatic rings. The molecule has 1 N–H and O–H groups in total. The minimum Gasteiger partial charge on any atom is -0.479 e. The summed E-state index contributed by atoms with van der Waals surface area (Å²) >= 11 is 1.49. The summed E-state index contributed by atoms with van der Waals surface area (Å²) in [7, 11) is 4.90. The summed E-state index contributed by atoms with van der Waals surface area (Å²) in [6.45, 7) is -0.347. The molecule has 186 valence electrons. The van der Waals surface area contributed by atoms with Gasteiger partial charge in [0.2, 0.25) is 6.10 Å². The van der Waals surface area contributed by atoms with Gasteiger partial charge in [0.15, 0.2) is 0 Å². The first-order chi connectivity index (χ1) is 17.2. The standard InChI is InChI=1S/C24H22F3N7OS/c1-33(2)11-21(24(25,26)27)35-19-7-14(15-9-31-34(3)10-15)6-18-22(19)23(29-12-28-18)32-16-4-5-17-20(8-16)36-13-30-17/h4-10,12-13,21H,11H2,1-3H3,(H,28,29,32)/t21-/m1/s1. The molecular weight excluding hydrogens is 491 g/mol. The largest absolute Gasteiger partial charge is 0.479 e. The maximum absolute atomic E-state index is 13.9. The first kappa shape index (κ1) is 23.9. The molecule has 0 amide bonds. The van der Waals surface area contributed by atoms with Gasteiger partial charge in [-0.15, -0.1) is 11.3 Å². The van der Waals surface area contributed by atoms with Crippen LogP contribution in [-0.2, 0) is 7.05 Å². The van der Waals surface area contributed by atoms with Crippen molar-refractivity contribution in [2.24, 2.45) is 7.05 Å². The van der Waals surface area contributed by atoms with Crippen molar-refractivity contribution in [3.8, 4) is 16.9 Å². The highest BCUT2D eigenvalue weighted by atomic mass is 32.1. The van der Waals surface area contributed by atoms with E-state index in [1.807, 2.05) is 18.2 Å². The number of thiazole rings is 1. The van der Waals surface area contributed by atoms with Crippen LogP contribution in [0.4, 0.5) is 24.7 Å². The first-order valence-electron chi connectivity index (χ1n) is 10.9. The van der Waals surface area contributed by atoms with E-state index in [4.69, 9.17) is 4.74 Å². The van der Waals surface area contributed by atoms with Gasteiger partial charge in [-0.2, -0.15) is 18.3 Å². The summed E-state index contributed by atoms with van der Waals surface area (Å²) in [6.07, 6.45) is -1.86. The van der Waals surface area contributed by atoms with E-state index in [1.54, 1.807) is 55.9 Å². The lowest BCUT2D eigenvalue weighted by Gasteiger charge is -2.26. The molecule has 0 radical (unpaired) electrons. The van der Waals surface area contributed by atoms with Gasteiger partial charge in [0.05, 0.1) is 32.8 Å². The molecule has 36 heavy (non-hydrogen) atoms. The molecule has 0 saturated heterocycles. The number of rotatable bonds is 7. The SMILES string of the molecule is CN(C)C[C@@H](Oc1cc(-c2cnn(C)c2)cc2ncnc(Nc3ccc4ncsc4c3)c12)C(F)(F)F. The van der Waals surface area contributed by atoms with Crippen LogP contribution in [0, 0.1) is 0 Å². The number of alkyl halides is 3. The molecule has 5 rings (SSSR count). The van der Waals surface area contributed by atoms with Crippen LogP contribution in [0.25, 0.3) is 32.2 Å². The zero-order valence-electron chi connectivity index (χ0n) is 19.6. The van der Waals surface area contributed by atoms with Crippen LogP contribution in [0.5, 0.6) is 5.75 Å². The van der Waals surface area contributed by atoms with E-state index in [0.717, 1.165) is 21.5 Å². The average molecular weight is 514 g/mol. The van der Waals surface area contributed by atoms with Crippen molar-refractivity contribution < 1.29 is 17.9 Å². The molecule has 0 aliphatic heterocycles. The van der Waals surface area contributed by atoms with E-state index in [1.165, 1.54) is 22.6 Å². The zero-order chi connectivity index (χ0) is 25.4. The first-order valence-corrected chi connectivity index (χ1v) is 11.8. The lowest BCUT2D eigenvalue weighted by Crippen LogP contribution is -2.42. The van der Waals surface area contributed by atoms with Crippen molar-refractivity contribution in [1.82, 2.24) is 29.6 Å². The van der Waals surface area contributed by atoms with Gasteiger partial charge in [0.25, 0.3) is 0 Å². The number of ether oxygens (including phenoxy) is 1. The lowest BCUT2D eigenvalue weighted by molar-refractivity contribution is -0.197. The Morgan fingerprint density at radius 3 is 2.64 bits per heavy atom. The fraction of sp³-hybridized carbons (Fsp3) is 0.250. The number of hydrogen-bond acceptors (Lipinski definition) is 8. The molecule has 0 aliphatic rings. The fourth-order valence-electron chi connectivity index (χ4n) is 3.84. The molecule has 8 nitrogen and oxygen atoms in total. The summed E-state index contributed by atoms with van der Waals surface area (Å²) in [5, 5.41) is 7.75. The van der Waals surface area contributed by atoms with Crippen molar-refractivity contribution in [2.75, 3.05) is 26.0 Å². The number of nitrogens with zero attached hydrogens (tertiary/aromatic N) is 6. The molecule has 0 aliphatic carbocycles. The lowest BCUT2D eigenvalue weighted by atomic mass is 10.1. The molecule has 0 spiro atoms. The highest BCUT2D eigenvalue weighted by molar-refractivity contribution is 7.16. The number of halogens is 3. The Labute approximate surface area is 208 Å². The van der Waals surface area contributed by atoms with Gasteiger partial charge in [-0.05, 0) is 50.0 Å². The van der Waals surface area contributed by atoms with Crippen molar-refractivity contribution in [2.45, 2.75) is 12.3 Å². The fourth-order valence-corrected chi connectivity index (χ4v) is 4.56. The third-order valence-corrected chi connectivity index (χ3v) is 6.29. The van der Waals surface area contributed by atoms with E-state index >= 15 is 0 Å². The van der Waals surface area contributed by atoms with E-state index in [9.17, 15) is 13.2 Å². The normalized spacial score (nSPS) is 13.0. The van der Waals surface area contributed by atoms with E-state index in [0.29, 0.717) is 22.3 Å². The number of benzene rings is 2. The van der Waals surface area contributed by atoms with Crippen molar-refractivity contribution in [1.29, 1.82) is 0 Å². The topological polar surface area (TPSA) is 81.0 Å². The predicted molar refractivity (Wildman–Crippen MR) is 134 cm³/mol. The van der Waals surface area contributed by atoms with Gasteiger partial charge in [0.1, 0.15) is 17.9 Å². The Morgan fingerprint density at radius 2 is 1.92 bits per heavy atom. The minimum atomic E-state index is -4.58. The van der Waals surface area contributed by atoms with Gasteiger partial charge >= 0.3 is 6.18 Å². The van der Waals surface area contributed by atoms with Gasteiger partial charge < -0.3 is 15.0 Å². The van der Waals surface area contributed by atoms with E-state index < -0.39 is 12.3 Å². The van der Waals surface area contributed by atoms with Gasteiger partial charge in [-0.1, -0.05) is 0 Å². The molecule has 2 aromatic carbocycles. The van der Waals surface area contributed by atoms with Crippen LogP contribution in [0.15, 0.2) is 54.6 Å². The summed E-state index contributed by atoms with van der Waals surface area (Å²) in [5.41, 5.74) is 5.13. The monoisotopic (exact) mass is 513 g/mol. The number of aryl methyl sites for hydroxylation is 1. The average Bonchev–Trinajstić information content (AvgIpc) is 3.46. The zero-order valence-corrected chi connectivity index (χ0v) is 20.4. The van der Waals surface area contributed by atoms with Crippen LogP contribution in [0.3, 0.4) is 0 Å². The van der Waals surface area contributed by atoms with Crippen molar-refractivity contribution in [3.05, 3.63) is 54.6 Å². The number of anilines is 2. The maximum atomic E-state index is 13.9. The van der Waals surface area contributed by atoms with E-state index in [2.05, 4.69) is 25.4 Å². The summed E-state index contributed by atoms with van der Waals surface area (Å²) in [6, 6.07) is 8.98. The molecule has 0 bridgehead atoms. The van der Waals surface area contributed by atoms with Crippen LogP contribution in [0.1, 0.15) is 0 Å². The summed E-state index contributed by atoms with van der Waals surface area (Å²) in [4.78, 5) is 14.4. The smallest absolute Gasteiger partial charge is 0.426 e. The van der Waals surface area contributed by atoms with Crippen LogP contribution in [0.2, 0.25) is 0 Å². The second kappa shape index (κ2) is 9.36. The molecule has 0 saturated carbocycles. The summed E-state index contributed by atoms with van der Waals surface area (Å²) < 4.78 is 50.1. The predicted octanol–water partition coefficient (Wildman–Crippen LogP) is 5.25. The van der Waals surface area contributed by atoms with Crippen LogP contribution in [-0.4, -0.2) is 62.6 Å². The van der Waals surface area contributed by atoms with Crippen LogP contribution >= 0.6 is 11.3 Å². The molecule has 12 heteroatoms. The third-order valence-electron chi connectivity index (χ3n) is 5.50. The van der Waals surface area contributed by atoms with Gasteiger partial charge in [0, 0.05) is 31.0 Å². The second-order valence-electron chi connectivity index (χ2n) is 8.56. The Hall–Kier alpha value is -3.77. The number of likely N-dealkylation sites (N-methyl/N-ethyl adjacent to an activating group) is 1. The molecular formula is C24H22F3N7OS. The van der Waals surface area contributed by atoms with Crippen LogP contribution < -0.4 is 10.1 Å². The molecule has 3 heterocycles. The quantitative estimate of drug-likeness (QED) is 0.318. The number of fused-ring (bicyclic) bond motifs is 2.